The van der Waals surface area contributed by atoms with Crippen LogP contribution in [0.25, 0.3) is 0 Å². The van der Waals surface area contributed by atoms with E-state index >= 15 is 0 Å². The second kappa shape index (κ2) is 5.25. The highest BCUT2D eigenvalue weighted by Gasteiger charge is 2.26. The fourth-order valence-electron chi connectivity index (χ4n) is 1.60. The maximum atomic E-state index is 12.9. The SMILES string of the molecule is O=C(O)c1cn(Cc2ccc(F)cc2Cl)nc1[N+](=O)[O-]. The Kier molecular flexibility index (Phi) is 3.66. The molecule has 7 nitrogen and oxygen atoms in total. The van der Waals surface area contributed by atoms with Crippen molar-refractivity contribution in [2.75, 3.05) is 0 Å². The van der Waals surface area contributed by atoms with Crippen molar-refractivity contribution in [2.45, 2.75) is 6.54 Å². The fourth-order valence-corrected chi connectivity index (χ4v) is 1.83. The van der Waals surface area contributed by atoms with E-state index < -0.39 is 28.1 Å². The Balaban J connectivity index is 2.37. The number of carbonyl (C=O) groups is 1. The summed E-state index contributed by atoms with van der Waals surface area (Å²) in [7, 11) is 0. The van der Waals surface area contributed by atoms with Crippen LogP contribution in [-0.2, 0) is 6.54 Å². The molecule has 2 aromatic rings. The summed E-state index contributed by atoms with van der Waals surface area (Å²) in [5.41, 5.74) is -0.0596. The van der Waals surface area contributed by atoms with Crippen LogP contribution in [0.15, 0.2) is 24.4 Å². The Bertz CT molecular complexity index is 669. The summed E-state index contributed by atoms with van der Waals surface area (Å²) in [4.78, 5) is 20.7. The number of nitro groups is 1. The zero-order valence-corrected chi connectivity index (χ0v) is 10.5. The molecule has 0 unspecified atom stereocenters. The first-order chi connectivity index (χ1) is 9.38. The van der Waals surface area contributed by atoms with Gasteiger partial charge in [0.15, 0.2) is 5.56 Å². The zero-order valence-electron chi connectivity index (χ0n) is 9.79. The number of rotatable bonds is 4. The molecule has 0 spiro atoms. The van der Waals surface area contributed by atoms with Crippen molar-refractivity contribution < 1.29 is 19.2 Å². The first-order valence-electron chi connectivity index (χ1n) is 5.27. The van der Waals surface area contributed by atoms with E-state index in [9.17, 15) is 19.3 Å². The lowest BCUT2D eigenvalue weighted by atomic mass is 10.2. The van der Waals surface area contributed by atoms with Crippen molar-refractivity contribution >= 4 is 23.4 Å². The molecular weight excluding hydrogens is 293 g/mol. The summed E-state index contributed by atoms with van der Waals surface area (Å²) >= 11 is 5.82. The quantitative estimate of drug-likeness (QED) is 0.690. The van der Waals surface area contributed by atoms with Gasteiger partial charge < -0.3 is 15.2 Å². The number of nitrogens with zero attached hydrogens (tertiary/aromatic N) is 3. The Hall–Kier alpha value is -2.48. The number of aromatic carboxylic acids is 1. The van der Waals surface area contributed by atoms with E-state index in [0.717, 1.165) is 16.9 Å². The van der Waals surface area contributed by atoms with Gasteiger partial charge in [-0.15, -0.1) is 0 Å². The van der Waals surface area contributed by atoms with Gasteiger partial charge in [0.25, 0.3) is 0 Å². The molecule has 0 aliphatic carbocycles. The molecule has 1 N–H and O–H groups in total. The maximum Gasteiger partial charge on any atom is 0.404 e. The highest BCUT2D eigenvalue weighted by molar-refractivity contribution is 6.31. The van der Waals surface area contributed by atoms with Crippen molar-refractivity contribution in [3.8, 4) is 0 Å². The molecule has 0 saturated carbocycles. The molecule has 2 rings (SSSR count). The van der Waals surface area contributed by atoms with E-state index in [2.05, 4.69) is 5.10 Å². The van der Waals surface area contributed by atoms with Gasteiger partial charge in [0, 0.05) is 5.02 Å². The van der Waals surface area contributed by atoms with Crippen LogP contribution in [0, 0.1) is 15.9 Å². The zero-order chi connectivity index (χ0) is 14.9. The van der Waals surface area contributed by atoms with Crippen molar-refractivity contribution in [3.05, 3.63) is 56.5 Å². The van der Waals surface area contributed by atoms with Crippen molar-refractivity contribution in [1.29, 1.82) is 0 Å². The second-order valence-electron chi connectivity index (χ2n) is 3.86. The van der Waals surface area contributed by atoms with Crippen LogP contribution in [0.2, 0.25) is 5.02 Å². The Morgan fingerprint density at radius 3 is 2.75 bits per heavy atom. The van der Waals surface area contributed by atoms with Gasteiger partial charge in [-0.2, -0.15) is 4.68 Å². The Labute approximate surface area is 116 Å². The first-order valence-corrected chi connectivity index (χ1v) is 5.65. The number of aromatic nitrogens is 2. The number of hydrogen-bond donors (Lipinski definition) is 1. The molecular formula is C11H7ClFN3O4. The molecule has 104 valence electrons. The standard InChI is InChI=1S/C11H7ClFN3O4/c12-9-3-7(13)2-1-6(9)4-15-5-8(11(17)18)10(14-15)16(19)20/h1-3,5H,4H2,(H,17,18). The average Bonchev–Trinajstić information content (AvgIpc) is 2.77. The third-order valence-corrected chi connectivity index (χ3v) is 2.84. The van der Waals surface area contributed by atoms with Gasteiger partial charge in [-0.25, -0.2) is 9.18 Å². The van der Waals surface area contributed by atoms with Gasteiger partial charge in [0.2, 0.25) is 0 Å². The molecule has 1 aromatic carbocycles. The minimum absolute atomic E-state index is 0.00671. The lowest BCUT2D eigenvalue weighted by Crippen LogP contribution is -2.02. The molecule has 0 bridgehead atoms. The topological polar surface area (TPSA) is 98.3 Å². The molecule has 0 radical (unpaired) electrons. The van der Waals surface area contributed by atoms with E-state index in [-0.39, 0.29) is 11.6 Å². The normalized spacial score (nSPS) is 10.5. The van der Waals surface area contributed by atoms with Gasteiger partial charge in [0.1, 0.15) is 5.82 Å². The smallest absolute Gasteiger partial charge is 0.404 e. The van der Waals surface area contributed by atoms with Crippen LogP contribution < -0.4 is 0 Å². The van der Waals surface area contributed by atoms with E-state index in [1.807, 2.05) is 0 Å². The predicted octanol–water partition coefficient (Wildman–Crippen LogP) is 2.33. The molecule has 0 aliphatic heterocycles. The number of halogens is 2. The predicted molar refractivity (Wildman–Crippen MR) is 66.4 cm³/mol. The third kappa shape index (κ3) is 2.75. The number of hydrogen-bond acceptors (Lipinski definition) is 4. The van der Waals surface area contributed by atoms with E-state index in [1.165, 1.54) is 12.1 Å². The molecule has 9 heteroatoms. The van der Waals surface area contributed by atoms with Crippen LogP contribution in [0.3, 0.4) is 0 Å². The molecule has 0 atom stereocenters. The average molecular weight is 300 g/mol. The first kappa shape index (κ1) is 13.9. The molecule has 20 heavy (non-hydrogen) atoms. The van der Waals surface area contributed by atoms with Crippen LogP contribution in [-0.4, -0.2) is 25.8 Å². The fraction of sp³-hybridized carbons (Fsp3) is 0.0909. The van der Waals surface area contributed by atoms with Gasteiger partial charge in [-0.05, 0) is 22.6 Å². The Morgan fingerprint density at radius 2 is 2.25 bits per heavy atom. The molecule has 0 fully saturated rings. The third-order valence-electron chi connectivity index (χ3n) is 2.49. The molecule has 1 aromatic heterocycles. The second-order valence-corrected chi connectivity index (χ2v) is 4.27. The van der Waals surface area contributed by atoms with Gasteiger partial charge in [0.05, 0.1) is 17.8 Å². The minimum atomic E-state index is -1.45. The van der Waals surface area contributed by atoms with E-state index in [1.54, 1.807) is 0 Å². The molecule has 0 aliphatic rings. The lowest BCUT2D eigenvalue weighted by Gasteiger charge is -2.01. The number of carboxylic acid groups (broad SMARTS) is 1. The molecule has 1 heterocycles. The van der Waals surface area contributed by atoms with Crippen molar-refractivity contribution in [1.82, 2.24) is 9.78 Å². The molecule has 0 amide bonds. The molecule has 0 saturated heterocycles. The van der Waals surface area contributed by atoms with Gasteiger partial charge in [-0.3, -0.25) is 0 Å². The van der Waals surface area contributed by atoms with Crippen LogP contribution in [0.5, 0.6) is 0 Å². The van der Waals surface area contributed by atoms with Gasteiger partial charge in [-0.1, -0.05) is 17.7 Å². The van der Waals surface area contributed by atoms with Crippen LogP contribution >= 0.6 is 11.6 Å². The van der Waals surface area contributed by atoms with Crippen molar-refractivity contribution in [3.63, 3.8) is 0 Å². The maximum absolute atomic E-state index is 12.9. The van der Waals surface area contributed by atoms with Gasteiger partial charge >= 0.3 is 11.8 Å². The summed E-state index contributed by atoms with van der Waals surface area (Å²) in [5.74, 6) is -2.72. The van der Waals surface area contributed by atoms with Crippen molar-refractivity contribution in [2.24, 2.45) is 0 Å². The minimum Gasteiger partial charge on any atom is -0.477 e. The summed E-state index contributed by atoms with van der Waals surface area (Å²) in [6, 6.07) is 3.66. The summed E-state index contributed by atoms with van der Waals surface area (Å²) in [6.07, 6.45) is 1.03. The Morgan fingerprint density at radius 1 is 1.55 bits per heavy atom. The number of benzene rings is 1. The van der Waals surface area contributed by atoms with Crippen LogP contribution in [0.4, 0.5) is 10.2 Å². The summed E-state index contributed by atoms with van der Waals surface area (Å²) < 4.78 is 14.0. The lowest BCUT2D eigenvalue weighted by molar-refractivity contribution is -0.390. The monoisotopic (exact) mass is 299 g/mol. The summed E-state index contributed by atoms with van der Waals surface area (Å²) in [6.45, 7) is -0.00671. The van der Waals surface area contributed by atoms with E-state index in [4.69, 9.17) is 16.7 Å². The highest BCUT2D eigenvalue weighted by Crippen LogP contribution is 2.21. The largest absolute Gasteiger partial charge is 0.477 e. The number of carboxylic acids is 1. The highest BCUT2D eigenvalue weighted by atomic mass is 35.5. The van der Waals surface area contributed by atoms with Crippen LogP contribution in [0.1, 0.15) is 15.9 Å². The van der Waals surface area contributed by atoms with E-state index in [0.29, 0.717) is 5.56 Å². The summed E-state index contributed by atoms with van der Waals surface area (Å²) in [5, 5.41) is 23.2.